The lowest BCUT2D eigenvalue weighted by Gasteiger charge is -2.41. The van der Waals surface area contributed by atoms with Crippen molar-refractivity contribution in [2.24, 2.45) is 0 Å². The Morgan fingerprint density at radius 3 is 2.00 bits per heavy atom. The maximum atomic E-state index is 3.72. The Labute approximate surface area is 136 Å². The van der Waals surface area contributed by atoms with Gasteiger partial charge in [0, 0.05) is 11.4 Å². The van der Waals surface area contributed by atoms with Crippen molar-refractivity contribution in [3.8, 4) is 0 Å². The van der Waals surface area contributed by atoms with Crippen LogP contribution in [0.3, 0.4) is 0 Å². The average Bonchev–Trinajstić information content (AvgIpc) is 2.58. The minimum atomic E-state index is 0.371. The summed E-state index contributed by atoms with van der Waals surface area (Å²) in [5, 5.41) is 1.06. The van der Waals surface area contributed by atoms with E-state index in [1.807, 2.05) is 0 Å². The fraction of sp³-hybridized carbons (Fsp3) is 0.368. The largest absolute Gasteiger partial charge is 0.289 e. The molecule has 1 nitrogen and oxygen atoms in total. The Morgan fingerprint density at radius 1 is 0.905 bits per heavy atom. The van der Waals surface area contributed by atoms with Gasteiger partial charge in [0.05, 0.1) is 6.04 Å². The molecule has 0 saturated carbocycles. The van der Waals surface area contributed by atoms with Crippen LogP contribution in [0.4, 0.5) is 0 Å². The molecular formula is C19H22BrN. The molecule has 110 valence electrons. The summed E-state index contributed by atoms with van der Waals surface area (Å²) in [4.78, 5) is 2.68. The first kappa shape index (κ1) is 14.8. The zero-order chi connectivity index (χ0) is 14.5. The molecule has 0 N–H and O–H groups in total. The maximum absolute atomic E-state index is 3.72. The van der Waals surface area contributed by atoms with Gasteiger partial charge in [0.2, 0.25) is 0 Å². The van der Waals surface area contributed by atoms with Crippen LogP contribution in [0.5, 0.6) is 0 Å². The second-order valence-corrected chi connectivity index (χ2v) is 6.41. The van der Waals surface area contributed by atoms with Crippen LogP contribution in [-0.4, -0.2) is 22.8 Å². The molecule has 0 amide bonds. The molecule has 2 aromatic carbocycles. The molecule has 2 aromatic rings. The summed E-state index contributed by atoms with van der Waals surface area (Å²) in [5.74, 6) is 0. The van der Waals surface area contributed by atoms with Gasteiger partial charge in [0.25, 0.3) is 0 Å². The summed E-state index contributed by atoms with van der Waals surface area (Å²) in [7, 11) is 0. The molecule has 1 aliphatic heterocycles. The fourth-order valence-electron chi connectivity index (χ4n) is 3.37. The first-order valence-corrected chi connectivity index (χ1v) is 8.94. The van der Waals surface area contributed by atoms with Crippen molar-refractivity contribution in [2.45, 2.75) is 31.3 Å². The van der Waals surface area contributed by atoms with Crippen LogP contribution in [0.1, 0.15) is 36.4 Å². The lowest BCUT2D eigenvalue weighted by molar-refractivity contribution is 0.128. The van der Waals surface area contributed by atoms with E-state index in [2.05, 4.69) is 81.5 Å². The van der Waals surface area contributed by atoms with Gasteiger partial charge in [0.15, 0.2) is 0 Å². The van der Waals surface area contributed by atoms with E-state index in [4.69, 9.17) is 0 Å². The normalized spacial score (nSPS) is 19.8. The summed E-state index contributed by atoms with van der Waals surface area (Å²) >= 11 is 3.72. The van der Waals surface area contributed by atoms with E-state index in [0.29, 0.717) is 12.1 Å². The Morgan fingerprint density at radius 2 is 1.48 bits per heavy atom. The van der Waals surface area contributed by atoms with Crippen LogP contribution >= 0.6 is 15.9 Å². The first-order chi connectivity index (χ1) is 10.4. The monoisotopic (exact) mass is 343 g/mol. The van der Waals surface area contributed by atoms with Gasteiger partial charge >= 0.3 is 0 Å². The number of nitrogens with zero attached hydrogens (tertiary/aromatic N) is 1. The van der Waals surface area contributed by atoms with Gasteiger partial charge < -0.3 is 0 Å². The first-order valence-electron chi connectivity index (χ1n) is 7.82. The van der Waals surface area contributed by atoms with Gasteiger partial charge in [-0.05, 0) is 30.5 Å². The zero-order valence-electron chi connectivity index (χ0n) is 12.3. The van der Waals surface area contributed by atoms with Crippen LogP contribution in [0, 0.1) is 0 Å². The predicted octanol–water partition coefficient (Wildman–Crippen LogP) is 5.03. The second-order valence-electron chi connectivity index (χ2n) is 5.77. The third-order valence-corrected chi connectivity index (χ3v) is 5.16. The number of benzene rings is 2. The SMILES string of the molecule is BrC[C@H]1CCCCN1C(c1ccccc1)c1ccccc1. The molecule has 1 aliphatic rings. The average molecular weight is 344 g/mol. The molecule has 2 heteroatoms. The van der Waals surface area contributed by atoms with E-state index in [1.165, 1.54) is 36.9 Å². The van der Waals surface area contributed by atoms with Crippen molar-refractivity contribution in [3.05, 3.63) is 71.8 Å². The Kier molecular flexibility index (Phi) is 5.10. The third kappa shape index (κ3) is 3.38. The molecule has 1 fully saturated rings. The van der Waals surface area contributed by atoms with E-state index < -0.39 is 0 Å². The zero-order valence-corrected chi connectivity index (χ0v) is 13.9. The quantitative estimate of drug-likeness (QED) is 0.704. The smallest absolute Gasteiger partial charge is 0.0604 e. The number of likely N-dealkylation sites (tertiary alicyclic amines) is 1. The van der Waals surface area contributed by atoms with Crippen molar-refractivity contribution < 1.29 is 0 Å². The van der Waals surface area contributed by atoms with Gasteiger partial charge in [-0.15, -0.1) is 0 Å². The lowest BCUT2D eigenvalue weighted by atomic mass is 9.92. The molecule has 1 saturated heterocycles. The minimum Gasteiger partial charge on any atom is -0.289 e. The Balaban J connectivity index is 2.00. The van der Waals surface area contributed by atoms with Gasteiger partial charge in [-0.3, -0.25) is 4.90 Å². The van der Waals surface area contributed by atoms with Crippen molar-refractivity contribution in [1.29, 1.82) is 0 Å². The number of alkyl halides is 1. The minimum absolute atomic E-state index is 0.371. The number of hydrogen-bond acceptors (Lipinski definition) is 1. The summed E-state index contributed by atoms with van der Waals surface area (Å²) < 4.78 is 0. The number of rotatable bonds is 4. The summed E-state index contributed by atoms with van der Waals surface area (Å²) in [6, 6.07) is 22.9. The third-order valence-electron chi connectivity index (χ3n) is 4.41. The van der Waals surface area contributed by atoms with E-state index in [1.54, 1.807) is 0 Å². The second kappa shape index (κ2) is 7.24. The van der Waals surface area contributed by atoms with Crippen molar-refractivity contribution in [2.75, 3.05) is 11.9 Å². The standard InChI is InChI=1S/C19H22BrN/c20-15-18-13-7-8-14-21(18)19(16-9-3-1-4-10-16)17-11-5-2-6-12-17/h1-6,9-12,18-19H,7-8,13-15H2/t18-/m1/s1. The topological polar surface area (TPSA) is 3.24 Å². The molecule has 0 bridgehead atoms. The number of piperidine rings is 1. The van der Waals surface area contributed by atoms with Crippen molar-refractivity contribution in [1.82, 2.24) is 4.90 Å². The lowest BCUT2D eigenvalue weighted by Crippen LogP contribution is -2.43. The molecular weight excluding hydrogens is 322 g/mol. The number of hydrogen-bond donors (Lipinski definition) is 0. The molecule has 21 heavy (non-hydrogen) atoms. The molecule has 0 unspecified atom stereocenters. The fourth-order valence-corrected chi connectivity index (χ4v) is 4.07. The Bertz CT molecular complexity index is 501. The highest BCUT2D eigenvalue weighted by Gasteiger charge is 2.30. The van der Waals surface area contributed by atoms with Gasteiger partial charge in [0.1, 0.15) is 0 Å². The predicted molar refractivity (Wildman–Crippen MR) is 92.9 cm³/mol. The highest BCUT2D eigenvalue weighted by atomic mass is 79.9. The van der Waals surface area contributed by atoms with Gasteiger partial charge in [-0.1, -0.05) is 83.0 Å². The highest BCUT2D eigenvalue weighted by Crippen LogP contribution is 2.34. The summed E-state index contributed by atoms with van der Waals surface area (Å²) in [6.45, 7) is 1.19. The van der Waals surface area contributed by atoms with Crippen LogP contribution < -0.4 is 0 Å². The van der Waals surface area contributed by atoms with E-state index in [9.17, 15) is 0 Å². The molecule has 0 spiro atoms. The summed E-state index contributed by atoms with van der Waals surface area (Å²) in [6.07, 6.45) is 3.95. The van der Waals surface area contributed by atoms with Crippen LogP contribution in [0.25, 0.3) is 0 Å². The van der Waals surface area contributed by atoms with Gasteiger partial charge in [-0.25, -0.2) is 0 Å². The summed E-state index contributed by atoms with van der Waals surface area (Å²) in [5.41, 5.74) is 2.80. The van der Waals surface area contributed by atoms with Crippen LogP contribution in [0.2, 0.25) is 0 Å². The molecule has 0 aliphatic carbocycles. The van der Waals surface area contributed by atoms with E-state index in [-0.39, 0.29) is 0 Å². The van der Waals surface area contributed by atoms with E-state index in [0.717, 1.165) is 5.33 Å². The van der Waals surface area contributed by atoms with Gasteiger partial charge in [-0.2, -0.15) is 0 Å². The number of halogens is 1. The maximum Gasteiger partial charge on any atom is 0.0604 e. The van der Waals surface area contributed by atoms with Crippen molar-refractivity contribution >= 4 is 15.9 Å². The molecule has 1 heterocycles. The van der Waals surface area contributed by atoms with Crippen LogP contribution in [-0.2, 0) is 0 Å². The molecule has 3 rings (SSSR count). The molecule has 1 atom stereocenters. The Hall–Kier alpha value is -1.12. The van der Waals surface area contributed by atoms with Crippen molar-refractivity contribution in [3.63, 3.8) is 0 Å². The molecule has 0 radical (unpaired) electrons. The highest BCUT2D eigenvalue weighted by molar-refractivity contribution is 9.09. The van der Waals surface area contributed by atoms with E-state index >= 15 is 0 Å². The molecule has 0 aromatic heterocycles. The van der Waals surface area contributed by atoms with Crippen LogP contribution in [0.15, 0.2) is 60.7 Å².